The minimum absolute atomic E-state index is 0.0768. The van der Waals surface area contributed by atoms with Gasteiger partial charge in [-0.25, -0.2) is 0 Å². The van der Waals surface area contributed by atoms with Gasteiger partial charge in [0.05, 0.1) is 22.3 Å². The van der Waals surface area contributed by atoms with Gasteiger partial charge in [0.2, 0.25) is 0 Å². The summed E-state index contributed by atoms with van der Waals surface area (Å²) in [6.45, 7) is 0. The second-order valence-electron chi connectivity index (χ2n) is 4.48. The molecule has 0 atom stereocenters. The fraction of sp³-hybridized carbons (Fsp3) is 0.0625. The van der Waals surface area contributed by atoms with Crippen molar-refractivity contribution in [2.24, 2.45) is 0 Å². The molecule has 0 bridgehead atoms. The van der Waals surface area contributed by atoms with Crippen LogP contribution >= 0.6 is 0 Å². The van der Waals surface area contributed by atoms with Crippen LogP contribution in [0.3, 0.4) is 0 Å². The van der Waals surface area contributed by atoms with Crippen LogP contribution in [-0.4, -0.2) is 30.0 Å². The van der Waals surface area contributed by atoms with E-state index in [0.29, 0.717) is 0 Å². The highest BCUT2D eigenvalue weighted by Gasteiger charge is 2.34. The Morgan fingerprint density at radius 1 is 1.14 bits per heavy atom. The van der Waals surface area contributed by atoms with Gasteiger partial charge in [-0.2, -0.15) is 0 Å². The third kappa shape index (κ3) is 1.67. The van der Waals surface area contributed by atoms with Gasteiger partial charge in [-0.1, -0.05) is 24.3 Å². The van der Waals surface area contributed by atoms with E-state index in [4.69, 9.17) is 8.85 Å². The molecule has 0 unspecified atom stereocenters. The third-order valence-corrected chi connectivity index (χ3v) is 3.41. The Balaban J connectivity index is 2.36. The molecule has 5 heteroatoms. The standard InChI is InChI=1S/C16H10O5/c1-21-16-11(7-17)12(18)6-10-13(16)15(20)9-5-3-2-4-8(9)14(10)19/h2-7,18H,1H3/i1D3. The number of aldehydes is 1. The molecule has 0 fully saturated rings. The highest BCUT2D eigenvalue weighted by molar-refractivity contribution is 6.30. The molecule has 0 saturated heterocycles. The Bertz CT molecular complexity index is 899. The lowest BCUT2D eigenvalue weighted by Gasteiger charge is -2.21. The van der Waals surface area contributed by atoms with Crippen molar-refractivity contribution >= 4 is 17.9 Å². The number of fused-ring (bicyclic) bond motifs is 2. The second kappa shape index (κ2) is 4.56. The van der Waals surface area contributed by atoms with Crippen molar-refractivity contribution in [3.63, 3.8) is 0 Å². The van der Waals surface area contributed by atoms with Crippen LogP contribution < -0.4 is 4.74 Å². The third-order valence-electron chi connectivity index (χ3n) is 3.41. The van der Waals surface area contributed by atoms with Crippen molar-refractivity contribution in [2.75, 3.05) is 7.04 Å². The minimum atomic E-state index is -2.97. The van der Waals surface area contributed by atoms with E-state index < -0.39 is 35.7 Å². The number of aromatic hydroxyl groups is 1. The largest absolute Gasteiger partial charge is 0.507 e. The smallest absolute Gasteiger partial charge is 0.198 e. The number of ether oxygens (including phenoxy) is 1. The molecule has 2 aromatic rings. The summed E-state index contributed by atoms with van der Waals surface area (Å²) in [5.41, 5.74) is -0.831. The van der Waals surface area contributed by atoms with Gasteiger partial charge in [0, 0.05) is 16.7 Å². The van der Waals surface area contributed by atoms with Gasteiger partial charge in [-0.05, 0) is 6.07 Å². The number of benzene rings is 2. The molecular formula is C16H10O5. The van der Waals surface area contributed by atoms with Gasteiger partial charge in [-0.15, -0.1) is 0 Å². The lowest BCUT2D eigenvalue weighted by Crippen LogP contribution is -2.22. The number of methoxy groups -OCH3 is 1. The van der Waals surface area contributed by atoms with Gasteiger partial charge in [0.25, 0.3) is 0 Å². The molecule has 0 spiro atoms. The molecule has 0 radical (unpaired) electrons. The van der Waals surface area contributed by atoms with Crippen molar-refractivity contribution < 1.29 is 28.3 Å². The predicted molar refractivity (Wildman–Crippen MR) is 73.4 cm³/mol. The van der Waals surface area contributed by atoms with Gasteiger partial charge >= 0.3 is 0 Å². The number of rotatable bonds is 2. The number of phenols is 1. The molecule has 0 aliphatic heterocycles. The first-order valence-electron chi connectivity index (χ1n) is 7.47. The maximum atomic E-state index is 12.7. The van der Waals surface area contributed by atoms with Gasteiger partial charge in [0.15, 0.2) is 17.9 Å². The first kappa shape index (κ1) is 9.88. The number of hydrogen-bond acceptors (Lipinski definition) is 5. The molecule has 21 heavy (non-hydrogen) atoms. The topological polar surface area (TPSA) is 80.7 Å². The first-order chi connectivity index (χ1) is 11.2. The van der Waals surface area contributed by atoms with E-state index in [1.807, 2.05) is 0 Å². The van der Waals surface area contributed by atoms with E-state index in [1.54, 1.807) is 12.1 Å². The first-order valence-corrected chi connectivity index (χ1v) is 5.97. The molecule has 1 N–H and O–H groups in total. The highest BCUT2D eigenvalue weighted by Crippen LogP contribution is 2.39. The Hall–Kier alpha value is -2.95. The zero-order valence-corrected chi connectivity index (χ0v) is 10.5. The lowest BCUT2D eigenvalue weighted by atomic mass is 9.82. The summed E-state index contributed by atoms with van der Waals surface area (Å²) in [4.78, 5) is 36.5. The molecule has 0 saturated carbocycles. The van der Waals surface area contributed by atoms with Gasteiger partial charge < -0.3 is 9.84 Å². The normalized spacial score (nSPS) is 15.3. The average molecular weight is 285 g/mol. The molecule has 5 nitrogen and oxygen atoms in total. The maximum absolute atomic E-state index is 12.7. The summed E-state index contributed by atoms with van der Waals surface area (Å²) in [5, 5.41) is 9.94. The van der Waals surface area contributed by atoms with Crippen LogP contribution in [0.5, 0.6) is 11.5 Å². The van der Waals surface area contributed by atoms with E-state index in [0.717, 1.165) is 6.07 Å². The molecule has 0 amide bonds. The quantitative estimate of drug-likeness (QED) is 0.728. The summed E-state index contributed by atoms with van der Waals surface area (Å²) in [6, 6.07) is 6.98. The number of ketones is 2. The van der Waals surface area contributed by atoms with Gasteiger partial charge in [0.1, 0.15) is 11.5 Å². The monoisotopic (exact) mass is 285 g/mol. The molecule has 1 aliphatic rings. The fourth-order valence-electron chi connectivity index (χ4n) is 2.44. The zero-order chi connectivity index (χ0) is 17.6. The summed E-state index contributed by atoms with van der Waals surface area (Å²) in [7, 11) is -2.97. The van der Waals surface area contributed by atoms with E-state index in [2.05, 4.69) is 0 Å². The molecule has 0 aromatic heterocycles. The zero-order valence-electron chi connectivity index (χ0n) is 13.5. The minimum Gasteiger partial charge on any atom is -0.507 e. The number of carbonyl (C=O) groups excluding carboxylic acids is 3. The second-order valence-corrected chi connectivity index (χ2v) is 4.48. The van der Waals surface area contributed by atoms with Crippen LogP contribution in [0, 0.1) is 0 Å². The Morgan fingerprint density at radius 2 is 1.81 bits per heavy atom. The Kier molecular flexibility index (Phi) is 2.14. The van der Waals surface area contributed by atoms with Crippen LogP contribution in [0.15, 0.2) is 30.3 Å². The molecular weight excluding hydrogens is 272 g/mol. The predicted octanol–water partition coefficient (Wildman–Crippen LogP) is 1.99. The molecule has 0 heterocycles. The van der Waals surface area contributed by atoms with Crippen molar-refractivity contribution in [1.82, 2.24) is 0 Å². The SMILES string of the molecule is [2H]C([2H])([2H])Oc1c(C=O)c(O)cc2c1C(=O)c1ccccc1C2=O. The van der Waals surface area contributed by atoms with Crippen LogP contribution in [0.25, 0.3) is 0 Å². The average Bonchev–Trinajstić information content (AvgIpc) is 2.51. The summed E-state index contributed by atoms with van der Waals surface area (Å²) >= 11 is 0. The Morgan fingerprint density at radius 3 is 2.43 bits per heavy atom. The Labute approximate surface area is 124 Å². The molecule has 3 rings (SSSR count). The fourth-order valence-corrected chi connectivity index (χ4v) is 2.44. The molecule has 1 aliphatic carbocycles. The summed E-state index contributed by atoms with van der Waals surface area (Å²) < 4.78 is 26.4. The molecule has 104 valence electrons. The van der Waals surface area contributed by atoms with Crippen LogP contribution in [0.4, 0.5) is 0 Å². The van der Waals surface area contributed by atoms with Crippen molar-refractivity contribution in [1.29, 1.82) is 0 Å². The molecule has 2 aromatic carbocycles. The van der Waals surface area contributed by atoms with E-state index in [1.165, 1.54) is 12.1 Å². The maximum Gasteiger partial charge on any atom is 0.198 e. The number of carbonyl (C=O) groups is 3. The van der Waals surface area contributed by atoms with Crippen LogP contribution in [-0.2, 0) is 0 Å². The van der Waals surface area contributed by atoms with Crippen LogP contribution in [0.1, 0.15) is 46.3 Å². The van der Waals surface area contributed by atoms with Gasteiger partial charge in [-0.3, -0.25) is 14.4 Å². The summed E-state index contributed by atoms with van der Waals surface area (Å²) in [5.74, 6) is -2.47. The van der Waals surface area contributed by atoms with Crippen molar-refractivity contribution in [2.45, 2.75) is 0 Å². The van der Waals surface area contributed by atoms with Crippen LogP contribution in [0.2, 0.25) is 0 Å². The van der Waals surface area contributed by atoms with Crippen molar-refractivity contribution in [3.8, 4) is 11.5 Å². The summed E-state index contributed by atoms with van der Waals surface area (Å²) in [6.07, 6.45) is 0.176. The van der Waals surface area contributed by atoms with E-state index >= 15 is 0 Å². The van der Waals surface area contributed by atoms with Crippen molar-refractivity contribution in [3.05, 3.63) is 58.1 Å². The van der Waals surface area contributed by atoms with E-state index in [-0.39, 0.29) is 28.5 Å². The lowest BCUT2D eigenvalue weighted by molar-refractivity contribution is 0.0975. The highest BCUT2D eigenvalue weighted by atomic mass is 16.5. The van der Waals surface area contributed by atoms with E-state index in [9.17, 15) is 19.5 Å². The number of hydrogen-bond donors (Lipinski definition) is 1. The number of phenolic OH excluding ortho intramolecular Hbond substituents is 1.